The fourth-order valence-electron chi connectivity index (χ4n) is 2.43. The van der Waals surface area contributed by atoms with Crippen LogP contribution in [0, 0.1) is 12.3 Å². The number of amides is 2. The molecule has 1 atom stereocenters. The van der Waals surface area contributed by atoms with Gasteiger partial charge in [0, 0.05) is 25.9 Å². The topological polar surface area (TPSA) is 49.4 Å². The summed E-state index contributed by atoms with van der Waals surface area (Å²) < 4.78 is 0. The van der Waals surface area contributed by atoms with Gasteiger partial charge in [-0.25, -0.2) is 0 Å². The third kappa shape index (κ3) is 2.67. The second-order valence-electron chi connectivity index (χ2n) is 5.04. The van der Waals surface area contributed by atoms with Crippen LogP contribution >= 0.6 is 0 Å². The maximum absolute atomic E-state index is 12.8. The van der Waals surface area contributed by atoms with Crippen LogP contribution < -0.4 is 5.32 Å². The molecule has 1 N–H and O–H groups in total. The molecule has 2 rings (SSSR count). The van der Waals surface area contributed by atoms with E-state index >= 15 is 0 Å². The summed E-state index contributed by atoms with van der Waals surface area (Å²) in [6.45, 7) is 2.64. The standard InChI is InChI=1S/C16H18N2O2/c1-3-4-11-18-12-10-14(19)17-16(2,15(18)20)13-8-6-5-7-9-13/h1,5-9H,4,10-12H2,2H3,(H,17,19). The highest BCUT2D eigenvalue weighted by atomic mass is 16.2. The van der Waals surface area contributed by atoms with E-state index in [0.29, 0.717) is 25.9 Å². The number of carbonyl (C=O) groups excluding carboxylic acids is 2. The van der Waals surface area contributed by atoms with Crippen molar-refractivity contribution in [2.45, 2.75) is 25.3 Å². The average Bonchev–Trinajstić information content (AvgIpc) is 2.57. The van der Waals surface area contributed by atoms with Crippen LogP contribution in [0.4, 0.5) is 0 Å². The first-order valence-electron chi connectivity index (χ1n) is 6.67. The van der Waals surface area contributed by atoms with Crippen LogP contribution in [0.2, 0.25) is 0 Å². The lowest BCUT2D eigenvalue weighted by Gasteiger charge is -2.32. The summed E-state index contributed by atoms with van der Waals surface area (Å²) in [5.74, 6) is 2.31. The Balaban J connectivity index is 2.36. The quantitative estimate of drug-likeness (QED) is 0.841. The molecule has 1 fully saturated rings. The molecule has 1 aliphatic rings. The zero-order valence-corrected chi connectivity index (χ0v) is 11.6. The van der Waals surface area contributed by atoms with Crippen molar-refractivity contribution in [1.29, 1.82) is 0 Å². The van der Waals surface area contributed by atoms with Gasteiger partial charge in [-0.15, -0.1) is 12.3 Å². The summed E-state index contributed by atoms with van der Waals surface area (Å²) in [5, 5.41) is 2.85. The number of benzene rings is 1. The monoisotopic (exact) mass is 270 g/mol. The molecule has 0 aliphatic carbocycles. The third-order valence-electron chi connectivity index (χ3n) is 3.59. The fraction of sp³-hybridized carbons (Fsp3) is 0.375. The van der Waals surface area contributed by atoms with Crippen molar-refractivity contribution >= 4 is 11.8 Å². The van der Waals surface area contributed by atoms with Gasteiger partial charge < -0.3 is 10.2 Å². The molecule has 0 aromatic heterocycles. The van der Waals surface area contributed by atoms with Gasteiger partial charge in [-0.3, -0.25) is 9.59 Å². The Kier molecular flexibility index (Phi) is 4.09. The first-order chi connectivity index (χ1) is 9.58. The zero-order valence-electron chi connectivity index (χ0n) is 11.6. The molecular formula is C16H18N2O2. The third-order valence-corrected chi connectivity index (χ3v) is 3.59. The van der Waals surface area contributed by atoms with E-state index in [9.17, 15) is 9.59 Å². The van der Waals surface area contributed by atoms with Crippen LogP contribution in [0.3, 0.4) is 0 Å². The minimum Gasteiger partial charge on any atom is -0.339 e. The molecule has 0 saturated carbocycles. The Morgan fingerprint density at radius 3 is 2.70 bits per heavy atom. The minimum absolute atomic E-state index is 0.107. The second kappa shape index (κ2) is 5.79. The van der Waals surface area contributed by atoms with E-state index in [1.54, 1.807) is 11.8 Å². The number of hydrogen-bond donors (Lipinski definition) is 1. The first kappa shape index (κ1) is 14.1. The van der Waals surface area contributed by atoms with E-state index in [0.717, 1.165) is 5.56 Å². The molecule has 1 aliphatic heterocycles. The van der Waals surface area contributed by atoms with E-state index in [1.165, 1.54) is 0 Å². The molecule has 104 valence electrons. The highest BCUT2D eigenvalue weighted by molar-refractivity contribution is 5.94. The number of rotatable bonds is 3. The molecule has 1 aromatic rings. The SMILES string of the molecule is C#CCCN1CCC(=O)NC(C)(c2ccccc2)C1=O. The van der Waals surface area contributed by atoms with Gasteiger partial charge >= 0.3 is 0 Å². The molecular weight excluding hydrogens is 252 g/mol. The zero-order chi connectivity index (χ0) is 14.6. The van der Waals surface area contributed by atoms with Crippen molar-refractivity contribution in [2.24, 2.45) is 0 Å². The van der Waals surface area contributed by atoms with Crippen LogP contribution in [0.25, 0.3) is 0 Å². The number of nitrogens with one attached hydrogen (secondary N) is 1. The molecule has 4 heteroatoms. The molecule has 1 saturated heterocycles. The predicted octanol–water partition coefficient (Wildman–Crippen LogP) is 1.27. The van der Waals surface area contributed by atoms with Gasteiger partial charge in [0.1, 0.15) is 5.54 Å². The number of terminal acetylenes is 1. The van der Waals surface area contributed by atoms with E-state index < -0.39 is 5.54 Å². The fourth-order valence-corrected chi connectivity index (χ4v) is 2.43. The van der Waals surface area contributed by atoms with E-state index in [2.05, 4.69) is 11.2 Å². The van der Waals surface area contributed by atoms with Gasteiger partial charge in [-0.05, 0) is 12.5 Å². The van der Waals surface area contributed by atoms with Crippen molar-refractivity contribution < 1.29 is 9.59 Å². The van der Waals surface area contributed by atoms with Crippen LogP contribution in [0.15, 0.2) is 30.3 Å². The van der Waals surface area contributed by atoms with Crippen LogP contribution in [-0.4, -0.2) is 29.8 Å². The van der Waals surface area contributed by atoms with Gasteiger partial charge in [0.25, 0.3) is 5.91 Å². The largest absolute Gasteiger partial charge is 0.339 e. The molecule has 1 unspecified atom stereocenters. The number of hydrogen-bond acceptors (Lipinski definition) is 2. The highest BCUT2D eigenvalue weighted by Gasteiger charge is 2.41. The Labute approximate surface area is 119 Å². The summed E-state index contributed by atoms with van der Waals surface area (Å²) in [6.07, 6.45) is 6.06. The highest BCUT2D eigenvalue weighted by Crippen LogP contribution is 2.25. The minimum atomic E-state index is -1.02. The van der Waals surface area contributed by atoms with Crippen molar-refractivity contribution in [2.75, 3.05) is 13.1 Å². The molecule has 20 heavy (non-hydrogen) atoms. The van der Waals surface area contributed by atoms with Gasteiger partial charge in [0.15, 0.2) is 0 Å². The molecule has 0 bridgehead atoms. The maximum Gasteiger partial charge on any atom is 0.252 e. The van der Waals surface area contributed by atoms with E-state index in [4.69, 9.17) is 6.42 Å². The van der Waals surface area contributed by atoms with Crippen molar-refractivity contribution in [3.05, 3.63) is 35.9 Å². The van der Waals surface area contributed by atoms with Crippen LogP contribution in [0.5, 0.6) is 0 Å². The lowest BCUT2D eigenvalue weighted by molar-refractivity contribution is -0.138. The number of nitrogens with zero attached hydrogens (tertiary/aromatic N) is 1. The molecule has 1 heterocycles. The Morgan fingerprint density at radius 1 is 1.35 bits per heavy atom. The van der Waals surface area contributed by atoms with Gasteiger partial charge in [0.2, 0.25) is 5.91 Å². The summed E-state index contributed by atoms with van der Waals surface area (Å²) >= 11 is 0. The van der Waals surface area contributed by atoms with E-state index in [-0.39, 0.29) is 11.8 Å². The lowest BCUT2D eigenvalue weighted by atomic mass is 9.90. The average molecular weight is 270 g/mol. The molecule has 0 spiro atoms. The molecule has 0 radical (unpaired) electrons. The smallest absolute Gasteiger partial charge is 0.252 e. The van der Waals surface area contributed by atoms with Crippen molar-refractivity contribution in [3.63, 3.8) is 0 Å². The van der Waals surface area contributed by atoms with Gasteiger partial charge in [-0.2, -0.15) is 0 Å². The van der Waals surface area contributed by atoms with Gasteiger partial charge in [-0.1, -0.05) is 30.3 Å². The van der Waals surface area contributed by atoms with E-state index in [1.807, 2.05) is 30.3 Å². The molecule has 1 aromatic carbocycles. The Hall–Kier alpha value is -2.28. The first-order valence-corrected chi connectivity index (χ1v) is 6.67. The number of carbonyl (C=O) groups is 2. The van der Waals surface area contributed by atoms with Crippen molar-refractivity contribution in [3.8, 4) is 12.3 Å². The van der Waals surface area contributed by atoms with Crippen molar-refractivity contribution in [1.82, 2.24) is 10.2 Å². The van der Waals surface area contributed by atoms with Gasteiger partial charge in [0.05, 0.1) is 0 Å². The predicted molar refractivity (Wildman–Crippen MR) is 76.6 cm³/mol. The second-order valence-corrected chi connectivity index (χ2v) is 5.04. The Bertz CT molecular complexity index is 547. The maximum atomic E-state index is 12.8. The summed E-state index contributed by atoms with van der Waals surface area (Å²) in [5.41, 5.74) is -0.241. The normalized spacial score (nSPS) is 22.9. The molecule has 4 nitrogen and oxygen atoms in total. The van der Waals surface area contributed by atoms with Crippen LogP contribution in [0.1, 0.15) is 25.3 Å². The summed E-state index contributed by atoms with van der Waals surface area (Å²) in [4.78, 5) is 26.3. The lowest BCUT2D eigenvalue weighted by Crippen LogP contribution is -2.52. The molecule has 2 amide bonds. The summed E-state index contributed by atoms with van der Waals surface area (Å²) in [7, 11) is 0. The Morgan fingerprint density at radius 2 is 2.05 bits per heavy atom. The summed E-state index contributed by atoms with van der Waals surface area (Å²) in [6, 6.07) is 9.30. The van der Waals surface area contributed by atoms with Crippen LogP contribution in [-0.2, 0) is 15.1 Å².